The van der Waals surface area contributed by atoms with Crippen LogP contribution in [0.25, 0.3) is 10.9 Å². The maximum atomic E-state index is 13.0. The number of benzene rings is 1. The van der Waals surface area contributed by atoms with Gasteiger partial charge >= 0.3 is 0 Å². The Morgan fingerprint density at radius 1 is 1.17 bits per heavy atom. The van der Waals surface area contributed by atoms with Crippen molar-refractivity contribution in [3.8, 4) is 0 Å². The molecule has 1 fully saturated rings. The summed E-state index contributed by atoms with van der Waals surface area (Å²) >= 11 is 0. The molecule has 3 rings (SSSR count). The third kappa shape index (κ3) is 2.67. The van der Waals surface area contributed by atoms with Gasteiger partial charge in [-0.3, -0.25) is 9.59 Å². The summed E-state index contributed by atoms with van der Waals surface area (Å²) in [5.41, 5.74) is 4.25. The maximum absolute atomic E-state index is 13.0. The number of aromatic nitrogens is 1. The first-order chi connectivity index (χ1) is 11.1. The lowest BCUT2D eigenvalue weighted by atomic mass is 10.1. The van der Waals surface area contributed by atoms with E-state index in [1.165, 1.54) is 10.9 Å². The second-order valence-corrected chi connectivity index (χ2v) is 6.25. The van der Waals surface area contributed by atoms with Crippen LogP contribution in [0.1, 0.15) is 48.3 Å². The summed E-state index contributed by atoms with van der Waals surface area (Å²) in [5.74, 6) is 0.320. The van der Waals surface area contributed by atoms with Crippen LogP contribution in [0, 0.1) is 6.92 Å². The summed E-state index contributed by atoms with van der Waals surface area (Å²) in [4.78, 5) is 26.3. The highest BCUT2D eigenvalue weighted by atomic mass is 16.2. The molecule has 1 saturated heterocycles. The molecule has 1 aliphatic heterocycles. The first-order valence-corrected chi connectivity index (χ1v) is 8.49. The van der Waals surface area contributed by atoms with Crippen LogP contribution in [-0.4, -0.2) is 34.2 Å². The number of hydrogen-bond donors (Lipinski definition) is 0. The molecular formula is C19H24N2O2. The Kier molecular flexibility index (Phi) is 4.24. The minimum Gasteiger partial charge on any atom is -0.337 e. The van der Waals surface area contributed by atoms with Gasteiger partial charge in [-0.25, -0.2) is 0 Å². The average molecular weight is 312 g/mol. The molecule has 2 aromatic rings. The number of rotatable bonds is 3. The fourth-order valence-electron chi connectivity index (χ4n) is 3.50. The molecule has 0 saturated carbocycles. The SMILES string of the molecule is CCc1ccc2c(c1)c(C)c(C(=O)N1CCC(=O)CC1)n2CC. The van der Waals surface area contributed by atoms with Crippen LogP contribution in [-0.2, 0) is 17.8 Å². The summed E-state index contributed by atoms with van der Waals surface area (Å²) in [5, 5.41) is 1.17. The Bertz CT molecular complexity index is 763. The monoisotopic (exact) mass is 312 g/mol. The highest BCUT2D eigenvalue weighted by Gasteiger charge is 2.27. The van der Waals surface area contributed by atoms with E-state index in [1.807, 2.05) is 11.8 Å². The number of hydrogen-bond acceptors (Lipinski definition) is 2. The van der Waals surface area contributed by atoms with Crippen molar-refractivity contribution >= 4 is 22.6 Å². The van der Waals surface area contributed by atoms with E-state index in [1.54, 1.807) is 0 Å². The van der Waals surface area contributed by atoms with Crippen LogP contribution in [0.5, 0.6) is 0 Å². The number of carbonyl (C=O) groups excluding carboxylic acids is 2. The van der Waals surface area contributed by atoms with Gasteiger partial charge in [0.2, 0.25) is 0 Å². The number of carbonyl (C=O) groups is 2. The molecule has 4 heteroatoms. The molecule has 0 aliphatic carbocycles. The number of ketones is 1. The molecule has 1 aliphatic rings. The second-order valence-electron chi connectivity index (χ2n) is 6.25. The van der Waals surface area contributed by atoms with E-state index in [0.29, 0.717) is 25.9 Å². The van der Waals surface area contributed by atoms with Crippen molar-refractivity contribution in [1.29, 1.82) is 0 Å². The number of amides is 1. The molecule has 1 amide bonds. The Hall–Kier alpha value is -2.10. The van der Waals surface area contributed by atoms with E-state index in [4.69, 9.17) is 0 Å². The molecule has 0 unspecified atom stereocenters. The molecule has 0 atom stereocenters. The number of Topliss-reactive ketones (excluding diaryl/α,β-unsaturated/α-hetero) is 1. The van der Waals surface area contributed by atoms with E-state index >= 15 is 0 Å². The van der Waals surface area contributed by atoms with Crippen molar-refractivity contribution in [2.24, 2.45) is 0 Å². The topological polar surface area (TPSA) is 42.3 Å². The van der Waals surface area contributed by atoms with Crippen LogP contribution in [0.4, 0.5) is 0 Å². The molecule has 1 aromatic carbocycles. The number of piperidine rings is 1. The van der Waals surface area contributed by atoms with E-state index in [2.05, 4.69) is 36.6 Å². The highest BCUT2D eigenvalue weighted by molar-refractivity contribution is 6.02. The molecule has 0 radical (unpaired) electrons. The summed E-state index contributed by atoms with van der Waals surface area (Å²) in [7, 11) is 0. The van der Waals surface area contributed by atoms with E-state index in [-0.39, 0.29) is 11.7 Å². The zero-order valence-corrected chi connectivity index (χ0v) is 14.2. The number of nitrogens with zero attached hydrogens (tertiary/aromatic N) is 2. The molecule has 23 heavy (non-hydrogen) atoms. The van der Waals surface area contributed by atoms with Gasteiger partial charge in [-0.15, -0.1) is 0 Å². The first-order valence-electron chi connectivity index (χ1n) is 8.49. The molecular weight excluding hydrogens is 288 g/mol. The minimum atomic E-state index is 0.0612. The third-order valence-electron chi connectivity index (χ3n) is 4.92. The molecule has 1 aromatic heterocycles. The van der Waals surface area contributed by atoms with Crippen molar-refractivity contribution in [3.05, 3.63) is 35.0 Å². The van der Waals surface area contributed by atoms with Crippen molar-refractivity contribution in [1.82, 2.24) is 9.47 Å². The smallest absolute Gasteiger partial charge is 0.270 e. The van der Waals surface area contributed by atoms with Gasteiger partial charge in [0.15, 0.2) is 0 Å². The standard InChI is InChI=1S/C19H24N2O2/c1-4-14-6-7-17-16(12-14)13(3)18(21(17)5-2)19(23)20-10-8-15(22)9-11-20/h6-7,12H,4-5,8-11H2,1-3H3. The van der Waals surface area contributed by atoms with Crippen LogP contribution < -0.4 is 0 Å². The molecule has 0 N–H and O–H groups in total. The summed E-state index contributed by atoms with van der Waals surface area (Å²) < 4.78 is 2.11. The van der Waals surface area contributed by atoms with Crippen molar-refractivity contribution < 1.29 is 9.59 Å². The fraction of sp³-hybridized carbons (Fsp3) is 0.474. The lowest BCUT2D eigenvalue weighted by Gasteiger charge is -2.26. The molecule has 4 nitrogen and oxygen atoms in total. The van der Waals surface area contributed by atoms with Crippen LogP contribution in [0.15, 0.2) is 18.2 Å². The summed E-state index contributed by atoms with van der Waals surface area (Å²) in [6.07, 6.45) is 1.96. The number of likely N-dealkylation sites (tertiary alicyclic amines) is 1. The van der Waals surface area contributed by atoms with Gasteiger partial charge in [0.05, 0.1) is 0 Å². The van der Waals surface area contributed by atoms with Gasteiger partial charge in [-0.2, -0.15) is 0 Å². The minimum absolute atomic E-state index is 0.0612. The van der Waals surface area contributed by atoms with Crippen molar-refractivity contribution in [2.75, 3.05) is 13.1 Å². The van der Waals surface area contributed by atoms with E-state index in [9.17, 15) is 9.59 Å². The van der Waals surface area contributed by atoms with Gasteiger partial charge in [-0.05, 0) is 43.5 Å². The van der Waals surface area contributed by atoms with E-state index in [0.717, 1.165) is 29.7 Å². The van der Waals surface area contributed by atoms with Gasteiger partial charge in [0.25, 0.3) is 5.91 Å². The predicted molar refractivity (Wildman–Crippen MR) is 91.9 cm³/mol. The number of aryl methyl sites for hydroxylation is 3. The van der Waals surface area contributed by atoms with Crippen LogP contribution in [0.3, 0.4) is 0 Å². The Morgan fingerprint density at radius 2 is 1.87 bits per heavy atom. The Morgan fingerprint density at radius 3 is 2.48 bits per heavy atom. The lowest BCUT2D eigenvalue weighted by Crippen LogP contribution is -2.39. The highest BCUT2D eigenvalue weighted by Crippen LogP contribution is 2.28. The quantitative estimate of drug-likeness (QED) is 0.872. The Balaban J connectivity index is 2.07. The maximum Gasteiger partial charge on any atom is 0.270 e. The predicted octanol–water partition coefficient (Wildman–Crippen LogP) is 3.34. The summed E-state index contributed by atoms with van der Waals surface area (Å²) in [6.45, 7) is 8.11. The number of fused-ring (bicyclic) bond motifs is 1. The van der Waals surface area contributed by atoms with Gasteiger partial charge in [0, 0.05) is 43.4 Å². The second kappa shape index (κ2) is 6.19. The first kappa shape index (κ1) is 15.8. The van der Waals surface area contributed by atoms with Crippen LogP contribution >= 0.6 is 0 Å². The fourth-order valence-corrected chi connectivity index (χ4v) is 3.50. The van der Waals surface area contributed by atoms with Gasteiger partial charge < -0.3 is 9.47 Å². The lowest BCUT2D eigenvalue weighted by molar-refractivity contribution is -0.120. The van der Waals surface area contributed by atoms with Gasteiger partial charge in [-0.1, -0.05) is 13.0 Å². The van der Waals surface area contributed by atoms with Crippen LogP contribution in [0.2, 0.25) is 0 Å². The van der Waals surface area contributed by atoms with Gasteiger partial charge in [0.1, 0.15) is 11.5 Å². The average Bonchev–Trinajstić information content (AvgIpc) is 2.86. The molecule has 122 valence electrons. The normalized spacial score (nSPS) is 15.4. The zero-order valence-electron chi connectivity index (χ0n) is 14.2. The zero-order chi connectivity index (χ0) is 16.6. The largest absolute Gasteiger partial charge is 0.337 e. The Labute approximate surface area is 137 Å². The van der Waals surface area contributed by atoms with Crippen molar-refractivity contribution in [2.45, 2.75) is 46.6 Å². The third-order valence-corrected chi connectivity index (χ3v) is 4.92. The molecule has 0 spiro atoms. The molecule has 0 bridgehead atoms. The summed E-state index contributed by atoms with van der Waals surface area (Å²) in [6, 6.07) is 6.47. The van der Waals surface area contributed by atoms with Crippen molar-refractivity contribution in [3.63, 3.8) is 0 Å². The molecule has 2 heterocycles. The van der Waals surface area contributed by atoms with E-state index < -0.39 is 0 Å².